The second-order valence-corrected chi connectivity index (χ2v) is 6.60. The molecule has 0 bridgehead atoms. The van der Waals surface area contributed by atoms with Gasteiger partial charge in [0.05, 0.1) is 18.3 Å². The largest absolute Gasteiger partial charge is 0.496 e. The van der Waals surface area contributed by atoms with Gasteiger partial charge < -0.3 is 9.47 Å². The fraction of sp³-hybridized carbons (Fsp3) is 0.250. The Kier molecular flexibility index (Phi) is 4.06. The lowest BCUT2D eigenvalue weighted by Crippen LogP contribution is -2.27. The number of hydrogen-bond donors (Lipinski definition) is 0. The van der Waals surface area contributed by atoms with E-state index < -0.39 is 11.7 Å². The molecule has 0 amide bonds. The first-order valence-corrected chi connectivity index (χ1v) is 7.88. The number of methoxy groups -OCH3 is 1. The second-order valence-electron chi connectivity index (χ2n) is 6.60. The molecule has 0 radical (unpaired) electrons. The fourth-order valence-electron chi connectivity index (χ4n) is 2.71. The number of benzene rings is 2. The molecule has 0 spiro atoms. The van der Waals surface area contributed by atoms with Crippen LogP contribution in [-0.2, 0) is 4.74 Å². The van der Waals surface area contributed by atoms with Gasteiger partial charge in [-0.3, -0.25) is 0 Å². The summed E-state index contributed by atoms with van der Waals surface area (Å²) in [5.74, 6) is 0.729. The van der Waals surface area contributed by atoms with Gasteiger partial charge in [-0.2, -0.15) is 0 Å². The number of nitrogens with zero attached hydrogens (tertiary/aromatic N) is 1. The van der Waals surface area contributed by atoms with E-state index in [1.807, 2.05) is 75.4 Å². The highest BCUT2D eigenvalue weighted by Gasteiger charge is 2.23. The molecule has 0 N–H and O–H groups in total. The van der Waals surface area contributed by atoms with Crippen molar-refractivity contribution in [1.82, 2.24) is 4.57 Å². The Hall–Kier alpha value is -2.75. The molecule has 0 unspecified atom stereocenters. The van der Waals surface area contributed by atoms with E-state index in [2.05, 4.69) is 0 Å². The van der Waals surface area contributed by atoms with Gasteiger partial charge in [0.1, 0.15) is 11.4 Å². The van der Waals surface area contributed by atoms with Crippen molar-refractivity contribution in [2.75, 3.05) is 7.11 Å². The number of carbonyl (C=O) groups excluding carboxylic acids is 1. The van der Waals surface area contributed by atoms with Crippen LogP contribution in [0.4, 0.5) is 4.79 Å². The number of carbonyl (C=O) groups is 1. The summed E-state index contributed by atoms with van der Waals surface area (Å²) in [4.78, 5) is 12.8. The number of hydrogen-bond acceptors (Lipinski definition) is 3. The van der Waals surface area contributed by atoms with Crippen LogP contribution in [0.1, 0.15) is 20.8 Å². The van der Waals surface area contributed by atoms with Gasteiger partial charge >= 0.3 is 6.09 Å². The first kappa shape index (κ1) is 16.1. The molecule has 0 aliphatic heterocycles. The quantitative estimate of drug-likeness (QED) is 0.659. The van der Waals surface area contributed by atoms with Gasteiger partial charge in [-0.1, -0.05) is 36.4 Å². The van der Waals surface area contributed by atoms with Crippen LogP contribution in [0.25, 0.3) is 22.2 Å². The van der Waals surface area contributed by atoms with E-state index in [1.165, 1.54) is 0 Å². The highest BCUT2D eigenvalue weighted by Crippen LogP contribution is 2.34. The van der Waals surface area contributed by atoms with Crippen molar-refractivity contribution in [2.24, 2.45) is 0 Å². The van der Waals surface area contributed by atoms with Gasteiger partial charge in [0.2, 0.25) is 0 Å². The van der Waals surface area contributed by atoms with Crippen molar-refractivity contribution in [3.63, 3.8) is 0 Å². The van der Waals surface area contributed by atoms with E-state index in [1.54, 1.807) is 11.7 Å². The maximum Gasteiger partial charge on any atom is 0.419 e. The monoisotopic (exact) mass is 323 g/mol. The van der Waals surface area contributed by atoms with Crippen molar-refractivity contribution in [2.45, 2.75) is 26.4 Å². The number of aromatic nitrogens is 1. The Morgan fingerprint density at radius 2 is 1.71 bits per heavy atom. The van der Waals surface area contributed by atoms with E-state index in [9.17, 15) is 4.79 Å². The van der Waals surface area contributed by atoms with Gasteiger partial charge in [-0.15, -0.1) is 0 Å². The van der Waals surface area contributed by atoms with Crippen molar-refractivity contribution in [3.8, 4) is 17.0 Å². The lowest BCUT2D eigenvalue weighted by Gasteiger charge is -2.21. The molecule has 2 aromatic carbocycles. The summed E-state index contributed by atoms with van der Waals surface area (Å²) in [6.45, 7) is 5.58. The molecule has 4 heteroatoms. The van der Waals surface area contributed by atoms with Gasteiger partial charge in [0.15, 0.2) is 0 Å². The maximum absolute atomic E-state index is 12.8. The Bertz CT molecular complexity index is 873. The standard InChI is InChI=1S/C20H21NO3/c1-20(2,3)24-19(22)21-16-11-8-12-18(23-4)15(16)13-17(21)14-9-6-5-7-10-14/h5-13H,1-4H3. The average molecular weight is 323 g/mol. The molecule has 0 fully saturated rings. The summed E-state index contributed by atoms with van der Waals surface area (Å²) in [6, 6.07) is 17.4. The Morgan fingerprint density at radius 1 is 1.00 bits per heavy atom. The first-order chi connectivity index (χ1) is 11.4. The molecule has 0 saturated carbocycles. The Labute approximate surface area is 141 Å². The molecule has 1 aromatic heterocycles. The molecule has 24 heavy (non-hydrogen) atoms. The van der Waals surface area contributed by atoms with Crippen LogP contribution < -0.4 is 4.74 Å². The van der Waals surface area contributed by atoms with Crippen LogP contribution in [0.2, 0.25) is 0 Å². The number of fused-ring (bicyclic) bond motifs is 1. The molecule has 4 nitrogen and oxygen atoms in total. The normalized spacial score (nSPS) is 11.5. The highest BCUT2D eigenvalue weighted by molar-refractivity contribution is 5.99. The molecule has 124 valence electrons. The zero-order valence-electron chi connectivity index (χ0n) is 14.4. The predicted molar refractivity (Wildman–Crippen MR) is 95.6 cm³/mol. The lowest BCUT2D eigenvalue weighted by molar-refractivity contribution is 0.0547. The highest BCUT2D eigenvalue weighted by atomic mass is 16.6. The fourth-order valence-corrected chi connectivity index (χ4v) is 2.71. The SMILES string of the molecule is COc1cccc2c1cc(-c1ccccc1)n2C(=O)OC(C)(C)C. The second kappa shape index (κ2) is 6.04. The topological polar surface area (TPSA) is 40.5 Å². The van der Waals surface area contributed by atoms with E-state index in [0.717, 1.165) is 27.9 Å². The van der Waals surface area contributed by atoms with Crippen LogP contribution in [0.5, 0.6) is 5.75 Å². The van der Waals surface area contributed by atoms with Crippen LogP contribution in [-0.4, -0.2) is 23.4 Å². The van der Waals surface area contributed by atoms with Crippen LogP contribution in [0.15, 0.2) is 54.6 Å². The maximum atomic E-state index is 12.8. The zero-order valence-corrected chi connectivity index (χ0v) is 14.4. The lowest BCUT2D eigenvalue weighted by atomic mass is 10.1. The van der Waals surface area contributed by atoms with Crippen LogP contribution in [0.3, 0.4) is 0 Å². The minimum atomic E-state index is -0.569. The van der Waals surface area contributed by atoms with Crippen molar-refractivity contribution in [1.29, 1.82) is 0 Å². The summed E-state index contributed by atoms with van der Waals surface area (Å²) >= 11 is 0. The van der Waals surface area contributed by atoms with Crippen molar-refractivity contribution in [3.05, 3.63) is 54.6 Å². The summed E-state index contributed by atoms with van der Waals surface area (Å²) in [6.07, 6.45) is -0.399. The van der Waals surface area contributed by atoms with Crippen LogP contribution in [0, 0.1) is 0 Å². The first-order valence-electron chi connectivity index (χ1n) is 7.88. The molecule has 3 rings (SSSR count). The molecule has 3 aromatic rings. The van der Waals surface area contributed by atoms with Crippen molar-refractivity contribution >= 4 is 17.0 Å². The molecular formula is C20H21NO3. The van der Waals surface area contributed by atoms with E-state index in [-0.39, 0.29) is 0 Å². The summed E-state index contributed by atoms with van der Waals surface area (Å²) in [5.41, 5.74) is 1.92. The van der Waals surface area contributed by atoms with Gasteiger partial charge in [-0.05, 0) is 44.5 Å². The minimum Gasteiger partial charge on any atom is -0.496 e. The smallest absolute Gasteiger partial charge is 0.419 e. The number of ether oxygens (including phenoxy) is 2. The van der Waals surface area contributed by atoms with E-state index in [4.69, 9.17) is 9.47 Å². The summed E-state index contributed by atoms with van der Waals surface area (Å²) in [7, 11) is 1.63. The summed E-state index contributed by atoms with van der Waals surface area (Å²) in [5, 5.41) is 0.879. The third-order valence-electron chi connectivity index (χ3n) is 3.67. The predicted octanol–water partition coefficient (Wildman–Crippen LogP) is 5.10. The van der Waals surface area contributed by atoms with Crippen LogP contribution >= 0.6 is 0 Å². The van der Waals surface area contributed by atoms with Gasteiger partial charge in [-0.25, -0.2) is 9.36 Å². The third-order valence-corrected chi connectivity index (χ3v) is 3.67. The Morgan fingerprint density at radius 3 is 2.33 bits per heavy atom. The third kappa shape index (κ3) is 3.00. The molecule has 0 saturated heterocycles. The molecule has 0 aliphatic rings. The van der Waals surface area contributed by atoms with E-state index in [0.29, 0.717) is 0 Å². The van der Waals surface area contributed by atoms with Gasteiger partial charge in [0.25, 0.3) is 0 Å². The summed E-state index contributed by atoms with van der Waals surface area (Å²) < 4.78 is 12.7. The molecule has 1 heterocycles. The average Bonchev–Trinajstić information content (AvgIpc) is 2.93. The number of rotatable bonds is 2. The molecule has 0 atom stereocenters. The minimum absolute atomic E-state index is 0.399. The zero-order chi connectivity index (χ0) is 17.3. The van der Waals surface area contributed by atoms with Crippen molar-refractivity contribution < 1.29 is 14.3 Å². The van der Waals surface area contributed by atoms with E-state index >= 15 is 0 Å². The Balaban J connectivity index is 2.26. The van der Waals surface area contributed by atoms with Gasteiger partial charge in [0, 0.05) is 5.39 Å². The molecular weight excluding hydrogens is 302 g/mol. The molecule has 0 aliphatic carbocycles.